The van der Waals surface area contributed by atoms with Crippen molar-refractivity contribution in [3.63, 3.8) is 0 Å². The highest BCUT2D eigenvalue weighted by Gasteiger charge is 2.14. The van der Waals surface area contributed by atoms with Gasteiger partial charge in [0.15, 0.2) is 5.69 Å². The summed E-state index contributed by atoms with van der Waals surface area (Å²) in [4.78, 5) is 22.9. The molecule has 7 heteroatoms. The molecule has 3 rings (SSSR count). The summed E-state index contributed by atoms with van der Waals surface area (Å²) < 4.78 is 1.71. The van der Waals surface area contributed by atoms with Crippen LogP contribution in [0.1, 0.15) is 36.7 Å². The van der Waals surface area contributed by atoms with Crippen LogP contribution < -0.4 is 10.2 Å². The maximum absolute atomic E-state index is 12.1. The molecule has 0 radical (unpaired) electrons. The van der Waals surface area contributed by atoms with E-state index < -0.39 is 0 Å². The van der Waals surface area contributed by atoms with Crippen molar-refractivity contribution in [1.29, 1.82) is 0 Å². The topological polar surface area (TPSA) is 75.9 Å². The zero-order valence-electron chi connectivity index (χ0n) is 12.7. The Bertz CT molecular complexity index is 630. The van der Waals surface area contributed by atoms with E-state index in [1.54, 1.807) is 29.3 Å². The number of rotatable bonds is 4. The van der Waals surface area contributed by atoms with Gasteiger partial charge in [0.2, 0.25) is 5.95 Å². The fourth-order valence-corrected chi connectivity index (χ4v) is 2.50. The second-order valence-electron chi connectivity index (χ2n) is 5.33. The number of hydrogen-bond donors (Lipinski definition) is 1. The largest absolute Gasteiger partial charge is 0.341 e. The predicted octanol–water partition coefficient (Wildman–Crippen LogP) is 1.94. The van der Waals surface area contributed by atoms with E-state index in [1.807, 2.05) is 6.92 Å². The Morgan fingerprint density at radius 2 is 1.95 bits per heavy atom. The standard InChI is InChI=1S/C15H20N6O/c1-2-21-9-6-13(19-21)14(22)18-12-10-16-15(17-11-12)20-7-4-3-5-8-20/h6,9-11H,2-5,7-8H2,1H3,(H,18,22). The summed E-state index contributed by atoms with van der Waals surface area (Å²) >= 11 is 0. The number of anilines is 2. The van der Waals surface area contributed by atoms with E-state index in [4.69, 9.17) is 0 Å². The lowest BCUT2D eigenvalue weighted by atomic mass is 10.1. The quantitative estimate of drug-likeness (QED) is 0.933. The minimum absolute atomic E-state index is 0.249. The average molecular weight is 300 g/mol. The summed E-state index contributed by atoms with van der Waals surface area (Å²) in [5.41, 5.74) is 0.971. The molecule has 3 heterocycles. The Kier molecular flexibility index (Phi) is 4.32. The second-order valence-corrected chi connectivity index (χ2v) is 5.33. The highest BCUT2D eigenvalue weighted by molar-refractivity contribution is 6.02. The van der Waals surface area contributed by atoms with Crippen LogP contribution in [0.25, 0.3) is 0 Å². The van der Waals surface area contributed by atoms with Gasteiger partial charge in [-0.3, -0.25) is 9.48 Å². The monoisotopic (exact) mass is 300 g/mol. The van der Waals surface area contributed by atoms with Gasteiger partial charge in [-0.15, -0.1) is 0 Å². The number of nitrogens with one attached hydrogen (secondary N) is 1. The Balaban J connectivity index is 1.64. The molecular formula is C15H20N6O. The summed E-state index contributed by atoms with van der Waals surface area (Å²) in [6.07, 6.45) is 8.71. The van der Waals surface area contributed by atoms with Gasteiger partial charge in [0, 0.05) is 25.8 Å². The van der Waals surface area contributed by atoms with Crippen molar-refractivity contribution in [3.05, 3.63) is 30.4 Å². The normalized spacial score (nSPS) is 14.9. The zero-order chi connectivity index (χ0) is 15.4. The average Bonchev–Trinajstić information content (AvgIpc) is 3.06. The molecule has 1 aliphatic rings. The first kappa shape index (κ1) is 14.5. The van der Waals surface area contributed by atoms with Crippen molar-refractivity contribution < 1.29 is 4.79 Å². The highest BCUT2D eigenvalue weighted by Crippen LogP contribution is 2.16. The van der Waals surface area contributed by atoms with Gasteiger partial charge in [-0.1, -0.05) is 0 Å². The van der Waals surface area contributed by atoms with Gasteiger partial charge in [0.25, 0.3) is 5.91 Å². The lowest BCUT2D eigenvalue weighted by Gasteiger charge is -2.26. The van der Waals surface area contributed by atoms with Crippen molar-refractivity contribution in [3.8, 4) is 0 Å². The molecule has 1 N–H and O–H groups in total. The van der Waals surface area contributed by atoms with Crippen LogP contribution in [0.3, 0.4) is 0 Å². The summed E-state index contributed by atoms with van der Waals surface area (Å²) in [6, 6.07) is 1.70. The number of aromatic nitrogens is 4. The van der Waals surface area contributed by atoms with Gasteiger partial charge in [0.1, 0.15) is 0 Å². The van der Waals surface area contributed by atoms with Gasteiger partial charge in [0.05, 0.1) is 18.1 Å². The van der Waals surface area contributed by atoms with Crippen molar-refractivity contribution in [2.75, 3.05) is 23.3 Å². The predicted molar refractivity (Wildman–Crippen MR) is 84.0 cm³/mol. The molecule has 22 heavy (non-hydrogen) atoms. The molecule has 0 bridgehead atoms. The Morgan fingerprint density at radius 1 is 1.23 bits per heavy atom. The number of carbonyl (C=O) groups is 1. The molecule has 0 atom stereocenters. The number of aryl methyl sites for hydroxylation is 1. The molecule has 7 nitrogen and oxygen atoms in total. The SMILES string of the molecule is CCn1ccc(C(=O)Nc2cnc(N3CCCCC3)nc2)n1. The van der Waals surface area contributed by atoms with Crippen LogP contribution in [0.2, 0.25) is 0 Å². The molecule has 0 spiro atoms. The third-order valence-electron chi connectivity index (χ3n) is 3.73. The van der Waals surface area contributed by atoms with E-state index in [9.17, 15) is 4.79 Å². The van der Waals surface area contributed by atoms with Crippen LogP contribution in [0, 0.1) is 0 Å². The van der Waals surface area contributed by atoms with Crippen molar-refractivity contribution >= 4 is 17.5 Å². The van der Waals surface area contributed by atoms with Crippen molar-refractivity contribution in [2.24, 2.45) is 0 Å². The molecule has 1 amide bonds. The van der Waals surface area contributed by atoms with Gasteiger partial charge in [-0.2, -0.15) is 5.10 Å². The molecule has 0 aromatic carbocycles. The maximum Gasteiger partial charge on any atom is 0.276 e. The van der Waals surface area contributed by atoms with Gasteiger partial charge in [-0.25, -0.2) is 9.97 Å². The van der Waals surface area contributed by atoms with Crippen molar-refractivity contribution in [1.82, 2.24) is 19.7 Å². The first-order valence-electron chi connectivity index (χ1n) is 7.68. The van der Waals surface area contributed by atoms with E-state index in [2.05, 4.69) is 25.3 Å². The lowest BCUT2D eigenvalue weighted by molar-refractivity contribution is 0.102. The van der Waals surface area contributed by atoms with Gasteiger partial charge < -0.3 is 10.2 Å². The minimum Gasteiger partial charge on any atom is -0.341 e. The van der Waals surface area contributed by atoms with Crippen LogP contribution in [0.5, 0.6) is 0 Å². The fraction of sp³-hybridized carbons (Fsp3) is 0.467. The Morgan fingerprint density at radius 3 is 2.59 bits per heavy atom. The number of hydrogen-bond acceptors (Lipinski definition) is 5. The smallest absolute Gasteiger partial charge is 0.276 e. The van der Waals surface area contributed by atoms with Crippen molar-refractivity contribution in [2.45, 2.75) is 32.7 Å². The third kappa shape index (κ3) is 3.24. The Labute approximate surface area is 129 Å². The first-order chi connectivity index (χ1) is 10.8. The highest BCUT2D eigenvalue weighted by atomic mass is 16.1. The van der Waals surface area contributed by atoms with Crippen LogP contribution >= 0.6 is 0 Å². The molecule has 116 valence electrons. The molecule has 1 fully saturated rings. The molecule has 0 aliphatic carbocycles. The molecule has 1 saturated heterocycles. The first-order valence-corrected chi connectivity index (χ1v) is 7.68. The van der Waals surface area contributed by atoms with Gasteiger partial charge >= 0.3 is 0 Å². The van der Waals surface area contributed by atoms with E-state index >= 15 is 0 Å². The number of amides is 1. The fourth-order valence-electron chi connectivity index (χ4n) is 2.50. The van der Waals surface area contributed by atoms with E-state index in [0.29, 0.717) is 11.4 Å². The molecule has 1 aliphatic heterocycles. The van der Waals surface area contributed by atoms with Crippen LogP contribution in [-0.2, 0) is 6.54 Å². The van der Waals surface area contributed by atoms with E-state index in [1.165, 1.54) is 19.3 Å². The van der Waals surface area contributed by atoms with Crippen LogP contribution in [0.15, 0.2) is 24.7 Å². The summed E-state index contributed by atoms with van der Waals surface area (Å²) in [5, 5.41) is 6.94. The molecule has 2 aromatic heterocycles. The maximum atomic E-state index is 12.1. The number of nitrogens with zero attached hydrogens (tertiary/aromatic N) is 5. The van der Waals surface area contributed by atoms with Crippen LogP contribution in [0.4, 0.5) is 11.6 Å². The minimum atomic E-state index is -0.249. The molecule has 2 aromatic rings. The Hall–Kier alpha value is -2.44. The molecular weight excluding hydrogens is 280 g/mol. The number of carbonyl (C=O) groups excluding carboxylic acids is 1. The summed E-state index contributed by atoms with van der Waals surface area (Å²) in [5.74, 6) is 0.481. The zero-order valence-corrected chi connectivity index (χ0v) is 12.7. The third-order valence-corrected chi connectivity index (χ3v) is 3.73. The molecule has 0 saturated carbocycles. The van der Waals surface area contributed by atoms with Crippen LogP contribution in [-0.4, -0.2) is 38.7 Å². The lowest BCUT2D eigenvalue weighted by Crippen LogP contribution is -2.30. The van der Waals surface area contributed by atoms with Gasteiger partial charge in [-0.05, 0) is 32.3 Å². The number of piperidine rings is 1. The molecule has 0 unspecified atom stereocenters. The summed E-state index contributed by atoms with van der Waals surface area (Å²) in [6.45, 7) is 4.71. The summed E-state index contributed by atoms with van der Waals surface area (Å²) in [7, 11) is 0. The second kappa shape index (κ2) is 6.55. The van der Waals surface area contributed by atoms with E-state index in [-0.39, 0.29) is 5.91 Å². The van der Waals surface area contributed by atoms with E-state index in [0.717, 1.165) is 25.6 Å².